The Morgan fingerprint density at radius 2 is 0.923 bits per heavy atom. The summed E-state index contributed by atoms with van der Waals surface area (Å²) in [7, 11) is 0. The standard InChI is InChI=1S/C22H28N2O2/c25-21(19-15-5-1-2-6-16(15)19)23-13-9-11-14(12-10-13)24-22(26)20-17-7-3-4-8-18(17)20/h9-12,15-20H,1-8H2,(H,23,25)(H,24,26)/t15-,16+,17-,18+,19?,20?. The van der Waals surface area contributed by atoms with Gasteiger partial charge in [-0.3, -0.25) is 9.59 Å². The molecule has 2 unspecified atom stereocenters. The maximum Gasteiger partial charge on any atom is 0.228 e. The lowest BCUT2D eigenvalue weighted by Crippen LogP contribution is -2.16. The Balaban J connectivity index is 1.15. The van der Waals surface area contributed by atoms with Crippen LogP contribution in [0.15, 0.2) is 24.3 Å². The van der Waals surface area contributed by atoms with E-state index in [1.165, 1.54) is 51.4 Å². The molecule has 0 spiro atoms. The van der Waals surface area contributed by atoms with Crippen molar-refractivity contribution in [1.82, 2.24) is 0 Å². The van der Waals surface area contributed by atoms with Gasteiger partial charge in [0, 0.05) is 23.2 Å². The number of carbonyl (C=O) groups is 2. The van der Waals surface area contributed by atoms with Gasteiger partial charge in [-0.25, -0.2) is 0 Å². The van der Waals surface area contributed by atoms with Crippen LogP contribution in [0.1, 0.15) is 51.4 Å². The number of nitrogens with one attached hydrogen (secondary N) is 2. The van der Waals surface area contributed by atoms with Gasteiger partial charge in [-0.05, 0) is 73.6 Å². The highest BCUT2D eigenvalue weighted by Gasteiger charge is 2.55. The highest BCUT2D eigenvalue weighted by Crippen LogP contribution is 2.56. The van der Waals surface area contributed by atoms with Gasteiger partial charge in [0.25, 0.3) is 0 Å². The molecule has 0 saturated heterocycles. The first-order valence-electron chi connectivity index (χ1n) is 10.4. The lowest BCUT2D eigenvalue weighted by atomic mass is 10.0. The van der Waals surface area contributed by atoms with Crippen LogP contribution in [-0.2, 0) is 9.59 Å². The zero-order chi connectivity index (χ0) is 17.7. The fraction of sp³-hybridized carbons (Fsp3) is 0.636. The number of amides is 2. The molecule has 1 aromatic carbocycles. The molecule has 138 valence electrons. The second kappa shape index (κ2) is 6.40. The van der Waals surface area contributed by atoms with Crippen LogP contribution in [0.25, 0.3) is 0 Å². The predicted molar refractivity (Wildman–Crippen MR) is 102 cm³/mol. The molecule has 0 aliphatic heterocycles. The lowest BCUT2D eigenvalue weighted by molar-refractivity contribution is -0.118. The third kappa shape index (κ3) is 2.93. The molecule has 26 heavy (non-hydrogen) atoms. The number of benzene rings is 1. The summed E-state index contributed by atoms with van der Waals surface area (Å²) in [5.74, 6) is 3.34. The van der Waals surface area contributed by atoms with Gasteiger partial charge in [-0.2, -0.15) is 0 Å². The Morgan fingerprint density at radius 1 is 0.615 bits per heavy atom. The van der Waals surface area contributed by atoms with Gasteiger partial charge < -0.3 is 10.6 Å². The molecule has 4 fully saturated rings. The molecule has 6 atom stereocenters. The van der Waals surface area contributed by atoms with Crippen LogP contribution in [0.5, 0.6) is 0 Å². The van der Waals surface area contributed by atoms with Crippen molar-refractivity contribution in [2.45, 2.75) is 51.4 Å². The number of carbonyl (C=O) groups excluding carboxylic acids is 2. The Labute approximate surface area is 155 Å². The second-order valence-corrected chi connectivity index (χ2v) is 8.83. The van der Waals surface area contributed by atoms with E-state index < -0.39 is 0 Å². The van der Waals surface area contributed by atoms with Gasteiger partial charge in [0.05, 0.1) is 0 Å². The van der Waals surface area contributed by atoms with Crippen LogP contribution in [0.3, 0.4) is 0 Å². The smallest absolute Gasteiger partial charge is 0.228 e. The summed E-state index contributed by atoms with van der Waals surface area (Å²) < 4.78 is 0. The molecule has 5 rings (SSSR count). The molecule has 2 N–H and O–H groups in total. The van der Waals surface area contributed by atoms with Crippen molar-refractivity contribution >= 4 is 23.2 Å². The minimum atomic E-state index is 0.181. The van der Waals surface area contributed by atoms with Crippen LogP contribution in [0.2, 0.25) is 0 Å². The van der Waals surface area contributed by atoms with Crippen molar-refractivity contribution < 1.29 is 9.59 Å². The van der Waals surface area contributed by atoms with Crippen LogP contribution in [0, 0.1) is 35.5 Å². The first-order chi connectivity index (χ1) is 12.7. The maximum absolute atomic E-state index is 12.5. The Morgan fingerprint density at radius 3 is 1.23 bits per heavy atom. The quantitative estimate of drug-likeness (QED) is 0.842. The second-order valence-electron chi connectivity index (χ2n) is 8.83. The monoisotopic (exact) mass is 352 g/mol. The van der Waals surface area contributed by atoms with E-state index in [1.807, 2.05) is 24.3 Å². The molecule has 4 saturated carbocycles. The molecule has 0 heterocycles. The van der Waals surface area contributed by atoms with E-state index in [0.29, 0.717) is 23.7 Å². The number of hydrogen-bond donors (Lipinski definition) is 2. The van der Waals surface area contributed by atoms with Gasteiger partial charge in [0.15, 0.2) is 0 Å². The third-order valence-corrected chi connectivity index (χ3v) is 7.34. The highest BCUT2D eigenvalue weighted by atomic mass is 16.2. The number of anilines is 2. The van der Waals surface area contributed by atoms with Crippen molar-refractivity contribution in [2.75, 3.05) is 10.6 Å². The molecule has 4 aliphatic carbocycles. The maximum atomic E-state index is 12.5. The number of hydrogen-bond acceptors (Lipinski definition) is 2. The van der Waals surface area contributed by atoms with Crippen molar-refractivity contribution in [2.24, 2.45) is 35.5 Å². The molecule has 0 aromatic heterocycles. The van der Waals surface area contributed by atoms with Gasteiger partial charge in [0.2, 0.25) is 11.8 Å². The first-order valence-corrected chi connectivity index (χ1v) is 10.4. The summed E-state index contributed by atoms with van der Waals surface area (Å²) in [5, 5.41) is 6.13. The molecular formula is C22H28N2O2. The topological polar surface area (TPSA) is 58.2 Å². The lowest BCUT2D eigenvalue weighted by Gasteiger charge is -2.08. The van der Waals surface area contributed by atoms with E-state index in [4.69, 9.17) is 0 Å². The molecule has 4 aliphatic rings. The van der Waals surface area contributed by atoms with E-state index in [-0.39, 0.29) is 23.7 Å². The summed E-state index contributed by atoms with van der Waals surface area (Å²) in [4.78, 5) is 24.9. The average molecular weight is 352 g/mol. The van der Waals surface area contributed by atoms with Crippen molar-refractivity contribution in [1.29, 1.82) is 0 Å². The minimum absolute atomic E-state index is 0.181. The van der Waals surface area contributed by atoms with E-state index >= 15 is 0 Å². The van der Waals surface area contributed by atoms with E-state index in [1.54, 1.807) is 0 Å². The molecular weight excluding hydrogens is 324 g/mol. The van der Waals surface area contributed by atoms with Crippen LogP contribution >= 0.6 is 0 Å². The number of fused-ring (bicyclic) bond motifs is 2. The fourth-order valence-electron chi connectivity index (χ4n) is 5.85. The van der Waals surface area contributed by atoms with E-state index in [0.717, 1.165) is 11.4 Å². The van der Waals surface area contributed by atoms with Crippen molar-refractivity contribution in [3.8, 4) is 0 Å². The Kier molecular flexibility index (Phi) is 4.02. The van der Waals surface area contributed by atoms with Gasteiger partial charge in [-0.15, -0.1) is 0 Å². The number of rotatable bonds is 4. The average Bonchev–Trinajstić information content (AvgIpc) is 3.55. The molecule has 2 amide bonds. The minimum Gasteiger partial charge on any atom is -0.326 e. The van der Waals surface area contributed by atoms with Gasteiger partial charge in [0.1, 0.15) is 0 Å². The van der Waals surface area contributed by atoms with E-state index in [2.05, 4.69) is 10.6 Å². The van der Waals surface area contributed by atoms with Crippen LogP contribution in [0.4, 0.5) is 11.4 Å². The third-order valence-electron chi connectivity index (χ3n) is 7.34. The summed E-state index contributed by atoms with van der Waals surface area (Å²) in [6.07, 6.45) is 10.00. The molecule has 0 bridgehead atoms. The normalized spacial score (nSPS) is 37.1. The fourth-order valence-corrected chi connectivity index (χ4v) is 5.85. The SMILES string of the molecule is O=C(Nc1ccc(NC(=O)C2[C@H]3CCCC[C@@H]23)cc1)C1[C@H]2CCCC[C@@H]12. The van der Waals surface area contributed by atoms with Crippen LogP contribution < -0.4 is 10.6 Å². The summed E-state index contributed by atoms with van der Waals surface area (Å²) in [6, 6.07) is 7.61. The molecule has 1 aromatic rings. The predicted octanol–water partition coefficient (Wildman–Crippen LogP) is 4.44. The first kappa shape index (κ1) is 16.3. The van der Waals surface area contributed by atoms with E-state index in [9.17, 15) is 9.59 Å². The molecule has 4 nitrogen and oxygen atoms in total. The van der Waals surface area contributed by atoms with Crippen molar-refractivity contribution in [3.63, 3.8) is 0 Å². The summed E-state index contributed by atoms with van der Waals surface area (Å²) in [5.41, 5.74) is 1.66. The molecule has 4 heteroatoms. The highest BCUT2D eigenvalue weighted by molar-refractivity contribution is 5.96. The zero-order valence-electron chi connectivity index (χ0n) is 15.2. The van der Waals surface area contributed by atoms with Gasteiger partial charge >= 0.3 is 0 Å². The van der Waals surface area contributed by atoms with Gasteiger partial charge in [-0.1, -0.05) is 25.7 Å². The summed E-state index contributed by atoms with van der Waals surface area (Å²) >= 11 is 0. The Hall–Kier alpha value is -1.84. The largest absolute Gasteiger partial charge is 0.326 e. The van der Waals surface area contributed by atoms with Crippen molar-refractivity contribution in [3.05, 3.63) is 24.3 Å². The molecule has 0 radical (unpaired) electrons. The van der Waals surface area contributed by atoms with Crippen LogP contribution in [-0.4, -0.2) is 11.8 Å². The summed E-state index contributed by atoms with van der Waals surface area (Å²) in [6.45, 7) is 0. The zero-order valence-corrected chi connectivity index (χ0v) is 15.2. The Bertz CT molecular complexity index is 628.